The molecule has 0 spiro atoms. The molecule has 8 nitrogen and oxygen atoms in total. The predicted octanol–water partition coefficient (Wildman–Crippen LogP) is 0.511. The van der Waals surface area contributed by atoms with Gasteiger partial charge in [-0.05, 0) is 30.7 Å². The van der Waals surface area contributed by atoms with Gasteiger partial charge in [0.15, 0.2) is 5.78 Å². The molecule has 2 aliphatic heterocycles. The van der Waals surface area contributed by atoms with Gasteiger partial charge in [-0.15, -0.1) is 0 Å². The zero-order valence-corrected chi connectivity index (χ0v) is 14.7. The number of carbonyl (C=O) groups excluding carboxylic acids is 2. The van der Waals surface area contributed by atoms with Crippen LogP contribution in [0.15, 0.2) is 24.3 Å². The number of esters is 1. The zero-order valence-electron chi connectivity index (χ0n) is 14.7. The second-order valence-corrected chi connectivity index (χ2v) is 6.84. The van der Waals surface area contributed by atoms with Crippen LogP contribution in [-0.2, 0) is 20.9 Å². The number of hydrogen-bond donors (Lipinski definition) is 4. The fourth-order valence-electron chi connectivity index (χ4n) is 3.16. The van der Waals surface area contributed by atoms with Crippen LogP contribution < -0.4 is 0 Å². The van der Waals surface area contributed by atoms with E-state index in [1.807, 2.05) is 0 Å². The number of aliphatic hydroxyl groups is 3. The second kappa shape index (κ2) is 7.77. The summed E-state index contributed by atoms with van der Waals surface area (Å²) in [7, 11) is 0. The molecular formula is C19H22O8. The van der Waals surface area contributed by atoms with E-state index in [4.69, 9.17) is 9.47 Å². The molecule has 146 valence electrons. The first-order valence-corrected chi connectivity index (χ1v) is 8.71. The Morgan fingerprint density at radius 2 is 1.96 bits per heavy atom. The number of aromatic hydroxyl groups is 1. The third kappa shape index (κ3) is 4.19. The Morgan fingerprint density at radius 3 is 2.67 bits per heavy atom. The highest BCUT2D eigenvalue weighted by atomic mass is 16.6. The van der Waals surface area contributed by atoms with Gasteiger partial charge < -0.3 is 29.9 Å². The highest BCUT2D eigenvalue weighted by Gasteiger charge is 2.45. The van der Waals surface area contributed by atoms with Crippen LogP contribution in [0, 0.1) is 0 Å². The maximum absolute atomic E-state index is 12.6. The number of aliphatic hydroxyl groups excluding tert-OH is 3. The Hall–Kier alpha value is -2.26. The van der Waals surface area contributed by atoms with Crippen molar-refractivity contribution in [2.24, 2.45) is 0 Å². The summed E-state index contributed by atoms with van der Waals surface area (Å²) in [6.45, 7) is 1.28. The van der Waals surface area contributed by atoms with Crippen LogP contribution >= 0.6 is 0 Å². The van der Waals surface area contributed by atoms with E-state index in [0.717, 1.165) is 6.08 Å². The summed E-state index contributed by atoms with van der Waals surface area (Å²) in [5, 5.41) is 39.7. The molecular weight excluding hydrogens is 356 g/mol. The van der Waals surface area contributed by atoms with E-state index >= 15 is 0 Å². The number of phenols is 1. The van der Waals surface area contributed by atoms with Gasteiger partial charge in [-0.3, -0.25) is 4.79 Å². The molecule has 0 aromatic heterocycles. The molecule has 5 atom stereocenters. The van der Waals surface area contributed by atoms with E-state index < -0.39 is 42.3 Å². The van der Waals surface area contributed by atoms with Crippen molar-refractivity contribution >= 4 is 11.8 Å². The molecule has 4 N–H and O–H groups in total. The number of ketones is 1. The molecule has 0 amide bonds. The molecule has 8 heteroatoms. The second-order valence-electron chi connectivity index (χ2n) is 6.84. The van der Waals surface area contributed by atoms with Crippen LogP contribution in [0.4, 0.5) is 0 Å². The van der Waals surface area contributed by atoms with Crippen molar-refractivity contribution in [2.45, 2.75) is 56.9 Å². The highest BCUT2D eigenvalue weighted by Crippen LogP contribution is 2.45. The normalized spacial score (nSPS) is 32.7. The van der Waals surface area contributed by atoms with Gasteiger partial charge in [0.1, 0.15) is 29.6 Å². The lowest BCUT2D eigenvalue weighted by Gasteiger charge is -2.17. The van der Waals surface area contributed by atoms with Crippen molar-refractivity contribution in [1.82, 2.24) is 0 Å². The van der Waals surface area contributed by atoms with Gasteiger partial charge >= 0.3 is 5.97 Å². The standard InChI is InChI=1S/C19H22O8/c1-9-3-2-4-12(21)17(24)14(23)7-15-18(27-15)11-5-10(8-20)6-13(22)16(11)19(25)26-9/h2,4-6,9,14-15,17-18,20,22-24H,3,7-8H2,1H3/b4-2-/t9-,14-,15+,17+,18+/m0/s1. The smallest absolute Gasteiger partial charge is 0.342 e. The van der Waals surface area contributed by atoms with Gasteiger partial charge in [-0.1, -0.05) is 6.08 Å². The average Bonchev–Trinajstić information content (AvgIpc) is 3.38. The Morgan fingerprint density at radius 1 is 1.22 bits per heavy atom. The average molecular weight is 378 g/mol. The van der Waals surface area contributed by atoms with E-state index in [0.29, 0.717) is 11.1 Å². The minimum absolute atomic E-state index is 0.0274. The van der Waals surface area contributed by atoms with Gasteiger partial charge in [0, 0.05) is 18.4 Å². The lowest BCUT2D eigenvalue weighted by Crippen LogP contribution is -2.34. The number of fused-ring (bicyclic) bond motifs is 3. The summed E-state index contributed by atoms with van der Waals surface area (Å²) < 4.78 is 10.8. The van der Waals surface area contributed by atoms with E-state index in [1.165, 1.54) is 18.2 Å². The van der Waals surface area contributed by atoms with E-state index in [9.17, 15) is 30.0 Å². The van der Waals surface area contributed by atoms with Crippen LogP contribution in [0.3, 0.4) is 0 Å². The zero-order chi connectivity index (χ0) is 19.7. The third-order valence-electron chi connectivity index (χ3n) is 4.67. The number of carbonyl (C=O) groups is 2. The number of rotatable bonds is 1. The molecule has 1 aromatic carbocycles. The molecule has 27 heavy (non-hydrogen) atoms. The van der Waals surface area contributed by atoms with Crippen LogP contribution in [0.25, 0.3) is 0 Å². The molecule has 2 aliphatic rings. The number of hydrogen-bond acceptors (Lipinski definition) is 8. The number of phenolic OH excluding ortho intramolecular Hbond substituents is 1. The summed E-state index contributed by atoms with van der Waals surface area (Å²) in [4.78, 5) is 24.5. The molecule has 1 saturated heterocycles. The van der Waals surface area contributed by atoms with Crippen LogP contribution in [0.1, 0.15) is 47.4 Å². The van der Waals surface area contributed by atoms with Gasteiger partial charge in [-0.2, -0.15) is 0 Å². The van der Waals surface area contributed by atoms with E-state index in [1.54, 1.807) is 6.92 Å². The van der Waals surface area contributed by atoms with E-state index in [2.05, 4.69) is 0 Å². The van der Waals surface area contributed by atoms with Crippen molar-refractivity contribution in [3.8, 4) is 5.75 Å². The molecule has 0 bridgehead atoms. The van der Waals surface area contributed by atoms with Gasteiger partial charge in [-0.25, -0.2) is 4.79 Å². The van der Waals surface area contributed by atoms with Crippen LogP contribution in [-0.4, -0.2) is 56.6 Å². The number of ether oxygens (including phenoxy) is 2. The Bertz CT molecular complexity index is 771. The Kier molecular flexibility index (Phi) is 5.61. The maximum atomic E-state index is 12.6. The van der Waals surface area contributed by atoms with Crippen molar-refractivity contribution in [2.75, 3.05) is 0 Å². The summed E-state index contributed by atoms with van der Waals surface area (Å²) in [6, 6.07) is 2.81. The van der Waals surface area contributed by atoms with Gasteiger partial charge in [0.2, 0.25) is 0 Å². The molecule has 0 saturated carbocycles. The molecule has 1 fully saturated rings. The topological polar surface area (TPSA) is 137 Å². The van der Waals surface area contributed by atoms with Crippen molar-refractivity contribution in [3.05, 3.63) is 41.0 Å². The Balaban J connectivity index is 1.98. The Labute approximate surface area is 155 Å². The molecule has 3 rings (SSSR count). The minimum atomic E-state index is -1.58. The fraction of sp³-hybridized carbons (Fsp3) is 0.474. The van der Waals surface area contributed by atoms with Crippen molar-refractivity contribution < 1.29 is 39.5 Å². The molecule has 0 unspecified atom stereocenters. The number of epoxide rings is 1. The van der Waals surface area contributed by atoms with Crippen LogP contribution in [0.2, 0.25) is 0 Å². The van der Waals surface area contributed by atoms with Crippen molar-refractivity contribution in [3.63, 3.8) is 0 Å². The first-order valence-electron chi connectivity index (χ1n) is 8.71. The molecule has 1 aromatic rings. The van der Waals surface area contributed by atoms with Crippen LogP contribution in [0.5, 0.6) is 5.75 Å². The fourth-order valence-corrected chi connectivity index (χ4v) is 3.16. The van der Waals surface area contributed by atoms with Gasteiger partial charge in [0.25, 0.3) is 0 Å². The SMILES string of the molecule is C[C@H]1C/C=C\C(=O)[C@@H](O)[C@@H](O)C[C@H]2O[C@@H]2c2cc(CO)cc(O)c2C(=O)O1. The lowest BCUT2D eigenvalue weighted by molar-refractivity contribution is -0.128. The monoisotopic (exact) mass is 378 g/mol. The highest BCUT2D eigenvalue weighted by molar-refractivity contribution is 5.95. The molecule has 0 aliphatic carbocycles. The third-order valence-corrected chi connectivity index (χ3v) is 4.67. The quantitative estimate of drug-likeness (QED) is 0.410. The first kappa shape index (κ1) is 19.5. The predicted molar refractivity (Wildman–Crippen MR) is 91.9 cm³/mol. The minimum Gasteiger partial charge on any atom is -0.507 e. The summed E-state index contributed by atoms with van der Waals surface area (Å²) >= 11 is 0. The maximum Gasteiger partial charge on any atom is 0.342 e. The summed E-state index contributed by atoms with van der Waals surface area (Å²) in [6.07, 6.45) is -1.89. The molecule has 2 heterocycles. The molecule has 0 radical (unpaired) electrons. The van der Waals surface area contributed by atoms with Gasteiger partial charge in [0.05, 0.1) is 18.8 Å². The first-order chi connectivity index (χ1) is 12.8. The summed E-state index contributed by atoms with van der Waals surface area (Å²) in [5.74, 6) is -1.72. The summed E-state index contributed by atoms with van der Waals surface area (Å²) in [5.41, 5.74) is 0.668. The van der Waals surface area contributed by atoms with Crippen molar-refractivity contribution in [1.29, 1.82) is 0 Å². The lowest BCUT2D eigenvalue weighted by atomic mass is 9.95. The number of benzene rings is 1. The number of cyclic esters (lactones) is 1. The van der Waals surface area contributed by atoms with E-state index in [-0.39, 0.29) is 30.8 Å². The largest absolute Gasteiger partial charge is 0.507 e.